The lowest BCUT2D eigenvalue weighted by atomic mass is 10.0. The zero-order valence-corrected chi connectivity index (χ0v) is 17.5. The molecule has 0 radical (unpaired) electrons. The molecule has 0 aliphatic carbocycles. The van der Waals surface area contributed by atoms with Gasteiger partial charge in [-0.05, 0) is 62.6 Å². The Balaban J connectivity index is 1.83. The third kappa shape index (κ3) is 3.83. The van der Waals surface area contributed by atoms with Gasteiger partial charge in [-0.2, -0.15) is 5.10 Å². The Kier molecular flexibility index (Phi) is 5.24. The molecule has 4 rings (SSSR count). The van der Waals surface area contributed by atoms with Crippen LogP contribution < -0.4 is 0 Å². The lowest BCUT2D eigenvalue weighted by Crippen LogP contribution is -2.41. The molecule has 5 heteroatoms. The number of morpholine rings is 1. The predicted octanol–water partition coefficient (Wildman–Crippen LogP) is 4.25. The van der Waals surface area contributed by atoms with Crippen molar-refractivity contribution in [1.82, 2.24) is 14.7 Å². The number of hydrogen-bond donors (Lipinski definition) is 0. The zero-order valence-electron chi connectivity index (χ0n) is 17.5. The van der Waals surface area contributed by atoms with Crippen molar-refractivity contribution in [3.05, 3.63) is 70.4 Å². The minimum atomic E-state index is -0.00383. The fraction of sp³-hybridized carbons (Fsp3) is 0.333. The van der Waals surface area contributed by atoms with Gasteiger partial charge in [-0.1, -0.05) is 29.8 Å². The van der Waals surface area contributed by atoms with Crippen LogP contribution in [0, 0.1) is 27.7 Å². The first-order valence-corrected chi connectivity index (χ1v) is 10.1. The molecule has 1 aromatic heterocycles. The summed E-state index contributed by atoms with van der Waals surface area (Å²) < 4.78 is 7.22. The van der Waals surface area contributed by atoms with E-state index in [2.05, 4.69) is 58.0 Å². The smallest absolute Gasteiger partial charge is 0.272 e. The molecule has 2 aromatic carbocycles. The number of rotatable bonds is 3. The monoisotopic (exact) mass is 389 g/mol. The van der Waals surface area contributed by atoms with E-state index in [1.165, 1.54) is 16.7 Å². The molecule has 150 valence electrons. The molecule has 0 atom stereocenters. The summed E-state index contributed by atoms with van der Waals surface area (Å²) >= 11 is 0. The first kappa shape index (κ1) is 19.4. The van der Waals surface area contributed by atoms with Crippen LogP contribution in [0.4, 0.5) is 0 Å². The molecule has 1 saturated heterocycles. The Morgan fingerprint density at radius 2 is 1.66 bits per heavy atom. The molecule has 5 nitrogen and oxygen atoms in total. The summed E-state index contributed by atoms with van der Waals surface area (Å²) in [5.74, 6) is -0.00383. The van der Waals surface area contributed by atoms with E-state index in [1.807, 2.05) is 17.0 Å². The Morgan fingerprint density at radius 1 is 0.897 bits per heavy atom. The molecule has 0 spiro atoms. The minimum absolute atomic E-state index is 0.00383. The molecule has 0 N–H and O–H groups in total. The van der Waals surface area contributed by atoms with Crippen molar-refractivity contribution >= 4 is 5.91 Å². The average Bonchev–Trinajstić information content (AvgIpc) is 3.15. The molecule has 0 saturated carbocycles. The third-order valence-corrected chi connectivity index (χ3v) is 5.61. The highest BCUT2D eigenvalue weighted by Gasteiger charge is 2.25. The van der Waals surface area contributed by atoms with Gasteiger partial charge in [0.2, 0.25) is 0 Å². The zero-order chi connectivity index (χ0) is 20.5. The number of carbonyl (C=O) groups excluding carboxylic acids is 1. The summed E-state index contributed by atoms with van der Waals surface area (Å²) in [7, 11) is 0. The lowest BCUT2D eigenvalue weighted by Gasteiger charge is -2.27. The van der Waals surface area contributed by atoms with Crippen molar-refractivity contribution < 1.29 is 9.53 Å². The number of carbonyl (C=O) groups is 1. The number of hydrogen-bond acceptors (Lipinski definition) is 3. The molecule has 1 aliphatic rings. The molecule has 1 fully saturated rings. The highest BCUT2D eigenvalue weighted by atomic mass is 16.5. The Morgan fingerprint density at radius 3 is 2.34 bits per heavy atom. The van der Waals surface area contributed by atoms with Crippen LogP contribution in [-0.4, -0.2) is 46.9 Å². The molecular formula is C24H27N3O2. The SMILES string of the molecule is Cc1ccc(-n2nc(-c3ccc(C)c(C)c3)cc2C(=O)N2CCOCC2)c(C)c1. The molecule has 29 heavy (non-hydrogen) atoms. The second-order valence-corrected chi connectivity index (χ2v) is 7.82. The fourth-order valence-electron chi connectivity index (χ4n) is 3.73. The second-order valence-electron chi connectivity index (χ2n) is 7.82. The minimum Gasteiger partial charge on any atom is -0.378 e. The van der Waals surface area contributed by atoms with Crippen LogP contribution in [-0.2, 0) is 4.74 Å². The van der Waals surface area contributed by atoms with E-state index >= 15 is 0 Å². The summed E-state index contributed by atoms with van der Waals surface area (Å²) in [4.78, 5) is 15.2. The Hall–Kier alpha value is -2.92. The summed E-state index contributed by atoms with van der Waals surface area (Å²) in [5, 5.41) is 4.87. The van der Waals surface area contributed by atoms with Gasteiger partial charge >= 0.3 is 0 Å². The largest absolute Gasteiger partial charge is 0.378 e. The van der Waals surface area contributed by atoms with Crippen LogP contribution in [0.25, 0.3) is 16.9 Å². The van der Waals surface area contributed by atoms with Crippen molar-refractivity contribution in [2.45, 2.75) is 27.7 Å². The Bertz CT molecular complexity index is 1060. The maximum absolute atomic E-state index is 13.3. The van der Waals surface area contributed by atoms with Gasteiger partial charge in [0.15, 0.2) is 0 Å². The third-order valence-electron chi connectivity index (χ3n) is 5.61. The van der Waals surface area contributed by atoms with Crippen molar-refractivity contribution in [3.8, 4) is 16.9 Å². The summed E-state index contributed by atoms with van der Waals surface area (Å²) in [6.07, 6.45) is 0. The number of aromatic nitrogens is 2. The average molecular weight is 389 g/mol. The van der Waals surface area contributed by atoms with Gasteiger partial charge < -0.3 is 9.64 Å². The number of ether oxygens (including phenoxy) is 1. The summed E-state index contributed by atoms with van der Waals surface area (Å²) in [6.45, 7) is 10.7. The molecule has 1 aliphatic heterocycles. The van der Waals surface area contributed by atoms with E-state index in [0.717, 1.165) is 22.5 Å². The van der Waals surface area contributed by atoms with Crippen LogP contribution >= 0.6 is 0 Å². The summed E-state index contributed by atoms with van der Waals surface area (Å²) in [6, 6.07) is 14.4. The Labute approximate surface area is 171 Å². The van der Waals surface area contributed by atoms with E-state index in [4.69, 9.17) is 9.84 Å². The van der Waals surface area contributed by atoms with E-state index in [-0.39, 0.29) is 5.91 Å². The van der Waals surface area contributed by atoms with E-state index in [9.17, 15) is 4.79 Å². The molecule has 3 aromatic rings. The standard InChI is InChI=1S/C24H27N3O2/c1-16-5-8-22(19(4)13-16)27-23(24(28)26-9-11-29-12-10-26)15-21(25-27)20-7-6-17(2)18(3)14-20/h5-8,13-15H,9-12H2,1-4H3. The van der Waals surface area contributed by atoms with Gasteiger partial charge in [0, 0.05) is 18.7 Å². The van der Waals surface area contributed by atoms with Gasteiger partial charge in [0.1, 0.15) is 5.69 Å². The van der Waals surface area contributed by atoms with Gasteiger partial charge in [-0.3, -0.25) is 4.79 Å². The maximum atomic E-state index is 13.3. The van der Waals surface area contributed by atoms with Crippen LogP contribution in [0.5, 0.6) is 0 Å². The predicted molar refractivity (Wildman–Crippen MR) is 115 cm³/mol. The molecule has 2 heterocycles. The van der Waals surface area contributed by atoms with Gasteiger partial charge in [-0.25, -0.2) is 4.68 Å². The number of aryl methyl sites for hydroxylation is 4. The van der Waals surface area contributed by atoms with E-state index < -0.39 is 0 Å². The number of benzene rings is 2. The first-order valence-electron chi connectivity index (χ1n) is 10.1. The van der Waals surface area contributed by atoms with Crippen LogP contribution in [0.1, 0.15) is 32.7 Å². The maximum Gasteiger partial charge on any atom is 0.272 e. The van der Waals surface area contributed by atoms with Gasteiger partial charge in [0.05, 0.1) is 24.6 Å². The first-order chi connectivity index (χ1) is 13.9. The molecule has 0 bridgehead atoms. The van der Waals surface area contributed by atoms with Crippen LogP contribution in [0.15, 0.2) is 42.5 Å². The van der Waals surface area contributed by atoms with Crippen molar-refractivity contribution in [3.63, 3.8) is 0 Å². The number of amides is 1. The highest BCUT2D eigenvalue weighted by molar-refractivity contribution is 5.94. The molecular weight excluding hydrogens is 362 g/mol. The van der Waals surface area contributed by atoms with Crippen molar-refractivity contribution in [2.75, 3.05) is 26.3 Å². The quantitative estimate of drug-likeness (QED) is 0.673. The van der Waals surface area contributed by atoms with Gasteiger partial charge in [0.25, 0.3) is 5.91 Å². The van der Waals surface area contributed by atoms with E-state index in [1.54, 1.807) is 4.68 Å². The molecule has 0 unspecified atom stereocenters. The normalized spacial score (nSPS) is 14.3. The van der Waals surface area contributed by atoms with Crippen LogP contribution in [0.2, 0.25) is 0 Å². The van der Waals surface area contributed by atoms with Crippen molar-refractivity contribution in [1.29, 1.82) is 0 Å². The fourth-order valence-corrected chi connectivity index (χ4v) is 3.73. The van der Waals surface area contributed by atoms with Crippen LogP contribution in [0.3, 0.4) is 0 Å². The number of nitrogens with zero attached hydrogens (tertiary/aromatic N) is 3. The van der Waals surface area contributed by atoms with Crippen molar-refractivity contribution in [2.24, 2.45) is 0 Å². The van der Waals surface area contributed by atoms with Gasteiger partial charge in [-0.15, -0.1) is 0 Å². The topological polar surface area (TPSA) is 47.4 Å². The highest BCUT2D eigenvalue weighted by Crippen LogP contribution is 2.26. The van der Waals surface area contributed by atoms with E-state index in [0.29, 0.717) is 32.0 Å². The summed E-state index contributed by atoms with van der Waals surface area (Å²) in [5.41, 5.74) is 8.09. The molecule has 1 amide bonds. The lowest BCUT2D eigenvalue weighted by molar-refractivity contribution is 0.0297. The second kappa shape index (κ2) is 7.84.